The maximum atomic E-state index is 14.5. The molecule has 1 spiro atoms. The van der Waals surface area contributed by atoms with E-state index in [4.69, 9.17) is 4.74 Å². The van der Waals surface area contributed by atoms with E-state index in [1.54, 1.807) is 15.7 Å². The molecule has 51 heavy (non-hydrogen) atoms. The number of aryl methyl sites for hydroxylation is 1. The molecule has 1 unspecified atom stereocenters. The SMILES string of the molecule is C=CCN1C(=O)[C@]2(O[C@H](CCn3cc(C(CO)c4ccccc4)nn3)[C@@H]([Si](C)(C)O)[C@@H]2C)c2cc(NC(=O)Cc3c[nH]c4ccccc34)ccc21. The van der Waals surface area contributed by atoms with Crippen molar-refractivity contribution < 1.29 is 24.2 Å². The lowest BCUT2D eigenvalue weighted by molar-refractivity contribution is -0.145. The third-order valence-corrected chi connectivity index (χ3v) is 13.0. The monoisotopic (exact) mass is 704 g/mol. The van der Waals surface area contributed by atoms with E-state index in [1.807, 2.05) is 105 Å². The zero-order chi connectivity index (χ0) is 35.9. The minimum absolute atomic E-state index is 0.102. The summed E-state index contributed by atoms with van der Waals surface area (Å²) in [4.78, 5) is 44.5. The Morgan fingerprint density at radius 2 is 1.92 bits per heavy atom. The number of aromatic amines is 1. The number of ether oxygens (including phenoxy) is 1. The first-order valence-corrected chi connectivity index (χ1v) is 20.5. The molecular formula is C39H44N6O5Si. The molecule has 0 saturated carbocycles. The first-order chi connectivity index (χ1) is 24.5. The number of para-hydroxylation sites is 1. The van der Waals surface area contributed by atoms with E-state index in [1.165, 1.54) is 0 Å². The lowest BCUT2D eigenvalue weighted by atomic mass is 9.82. The molecule has 4 N–H and O–H groups in total. The minimum atomic E-state index is -2.90. The fourth-order valence-electron chi connectivity index (χ4n) is 8.29. The van der Waals surface area contributed by atoms with Gasteiger partial charge in [-0.05, 0) is 54.9 Å². The van der Waals surface area contributed by atoms with Crippen LogP contribution in [0.5, 0.6) is 0 Å². The van der Waals surface area contributed by atoms with Crippen LogP contribution in [0.4, 0.5) is 11.4 Å². The molecule has 0 radical (unpaired) electrons. The molecule has 1 saturated heterocycles. The van der Waals surface area contributed by atoms with Gasteiger partial charge in [-0.3, -0.25) is 14.3 Å². The molecular weight excluding hydrogens is 661 g/mol. The van der Waals surface area contributed by atoms with Crippen LogP contribution in [0, 0.1) is 5.92 Å². The number of rotatable bonds is 12. The van der Waals surface area contributed by atoms with Crippen LogP contribution in [0.3, 0.4) is 0 Å². The minimum Gasteiger partial charge on any atom is -0.432 e. The van der Waals surface area contributed by atoms with Gasteiger partial charge < -0.3 is 29.8 Å². The predicted molar refractivity (Wildman–Crippen MR) is 199 cm³/mol. The van der Waals surface area contributed by atoms with E-state index in [0.29, 0.717) is 42.1 Å². The highest BCUT2D eigenvalue weighted by Gasteiger charge is 2.66. The van der Waals surface area contributed by atoms with Crippen LogP contribution in [-0.2, 0) is 32.9 Å². The first-order valence-electron chi connectivity index (χ1n) is 17.4. The number of aliphatic hydroxyl groups excluding tert-OH is 1. The lowest BCUT2D eigenvalue weighted by Crippen LogP contribution is -2.46. The maximum absolute atomic E-state index is 14.5. The van der Waals surface area contributed by atoms with Gasteiger partial charge in [-0.1, -0.05) is 66.7 Å². The van der Waals surface area contributed by atoms with Crippen molar-refractivity contribution in [2.75, 3.05) is 23.4 Å². The van der Waals surface area contributed by atoms with Crippen LogP contribution < -0.4 is 10.2 Å². The van der Waals surface area contributed by atoms with Gasteiger partial charge in [0.2, 0.25) is 5.91 Å². The van der Waals surface area contributed by atoms with Crippen molar-refractivity contribution in [3.8, 4) is 0 Å². The summed E-state index contributed by atoms with van der Waals surface area (Å²) in [6, 6.07) is 23.1. The molecule has 0 bridgehead atoms. The molecule has 5 atom stereocenters. The van der Waals surface area contributed by atoms with E-state index in [2.05, 4.69) is 27.2 Å². The zero-order valence-electron chi connectivity index (χ0n) is 29.1. The number of fused-ring (bicyclic) bond motifs is 3. The van der Waals surface area contributed by atoms with Crippen molar-refractivity contribution in [1.82, 2.24) is 20.0 Å². The van der Waals surface area contributed by atoms with Crippen LogP contribution in [0.1, 0.15) is 41.6 Å². The van der Waals surface area contributed by atoms with Gasteiger partial charge in [0.15, 0.2) is 13.9 Å². The van der Waals surface area contributed by atoms with E-state index >= 15 is 0 Å². The fourth-order valence-corrected chi connectivity index (χ4v) is 10.9. The number of hydrogen-bond donors (Lipinski definition) is 4. The standard InChI is InChI=1S/C39H44N6O5Si/c1-5-18-45-34-16-15-28(41-36(47)20-27-22-40-32-14-10-9-13-29(27)32)21-31(34)39(38(45)48)25(2)37(51(3,4)49)35(50-39)17-19-44-23-33(42-43-44)30(24-46)26-11-7-6-8-12-26/h5-16,21-23,25,30,35,37,40,46,49H,1,17-20,24H2,2-4H3,(H,41,47)/t25-,30?,35+,37-,39+/m0/s1. The number of carbonyl (C=O) groups excluding carboxylic acids is 2. The van der Waals surface area contributed by atoms with Crippen molar-refractivity contribution >= 4 is 42.4 Å². The summed E-state index contributed by atoms with van der Waals surface area (Å²) in [5.74, 6) is -1.04. The van der Waals surface area contributed by atoms with E-state index in [9.17, 15) is 19.5 Å². The second-order valence-corrected chi connectivity index (χ2v) is 18.2. The van der Waals surface area contributed by atoms with Crippen LogP contribution in [0.25, 0.3) is 10.9 Å². The van der Waals surface area contributed by atoms with Crippen LogP contribution in [0.15, 0.2) is 97.8 Å². The quantitative estimate of drug-likeness (QED) is 0.0994. The third-order valence-electron chi connectivity index (χ3n) is 10.5. The molecule has 264 valence electrons. The highest BCUT2D eigenvalue weighted by atomic mass is 28.4. The molecule has 5 aromatic rings. The maximum Gasteiger partial charge on any atom is 0.264 e. The molecule has 2 amide bonds. The topological polar surface area (TPSA) is 146 Å². The number of benzene rings is 3. The number of H-pyrrole nitrogens is 1. The molecule has 2 aromatic heterocycles. The summed E-state index contributed by atoms with van der Waals surface area (Å²) >= 11 is 0. The Hall–Kier alpha value is -4.88. The Kier molecular flexibility index (Phi) is 9.27. The second kappa shape index (κ2) is 13.7. The van der Waals surface area contributed by atoms with Gasteiger partial charge in [0, 0.05) is 59.1 Å². The molecule has 7 rings (SSSR count). The zero-order valence-corrected chi connectivity index (χ0v) is 30.1. The van der Waals surface area contributed by atoms with Gasteiger partial charge in [0.1, 0.15) is 0 Å². The molecule has 0 aliphatic carbocycles. The normalized spacial score (nSPS) is 22.1. The molecule has 2 aliphatic heterocycles. The lowest BCUT2D eigenvalue weighted by Gasteiger charge is -2.32. The largest absolute Gasteiger partial charge is 0.432 e. The van der Waals surface area contributed by atoms with Gasteiger partial charge in [-0.2, -0.15) is 0 Å². The van der Waals surface area contributed by atoms with Crippen molar-refractivity contribution in [3.05, 3.63) is 120 Å². The Balaban J connectivity index is 1.16. The van der Waals surface area contributed by atoms with Crippen molar-refractivity contribution in [3.63, 3.8) is 0 Å². The Morgan fingerprint density at radius 1 is 1.16 bits per heavy atom. The summed E-state index contributed by atoms with van der Waals surface area (Å²) in [6.45, 7) is 10.3. The molecule has 12 heteroatoms. The van der Waals surface area contributed by atoms with Crippen molar-refractivity contribution in [2.45, 2.75) is 62.6 Å². The van der Waals surface area contributed by atoms with Crippen LogP contribution in [0.2, 0.25) is 18.6 Å². The molecule has 11 nitrogen and oxygen atoms in total. The molecule has 2 aliphatic rings. The van der Waals surface area contributed by atoms with E-state index < -0.39 is 20.0 Å². The average molecular weight is 705 g/mol. The summed E-state index contributed by atoms with van der Waals surface area (Å²) < 4.78 is 8.70. The molecule has 1 fully saturated rings. The summed E-state index contributed by atoms with van der Waals surface area (Å²) in [5.41, 5.74) is 3.78. The smallest absolute Gasteiger partial charge is 0.264 e. The Labute approximate surface area is 298 Å². The predicted octanol–water partition coefficient (Wildman–Crippen LogP) is 5.49. The Morgan fingerprint density at radius 3 is 2.67 bits per heavy atom. The van der Waals surface area contributed by atoms with Gasteiger partial charge in [0.05, 0.1) is 36.4 Å². The van der Waals surface area contributed by atoms with Gasteiger partial charge in [0.25, 0.3) is 5.91 Å². The summed E-state index contributed by atoms with van der Waals surface area (Å²) in [7, 11) is -2.90. The number of nitrogens with one attached hydrogen (secondary N) is 2. The van der Waals surface area contributed by atoms with Crippen LogP contribution >= 0.6 is 0 Å². The van der Waals surface area contributed by atoms with E-state index in [0.717, 1.165) is 22.0 Å². The highest BCUT2D eigenvalue weighted by Crippen LogP contribution is 2.60. The summed E-state index contributed by atoms with van der Waals surface area (Å²) in [6.07, 6.45) is 5.60. The number of aliphatic hydroxyl groups is 1. The van der Waals surface area contributed by atoms with E-state index in [-0.39, 0.29) is 42.2 Å². The summed E-state index contributed by atoms with van der Waals surface area (Å²) in [5, 5.41) is 22.9. The van der Waals surface area contributed by atoms with Gasteiger partial charge in [-0.25, -0.2) is 0 Å². The first kappa shape index (κ1) is 34.6. The fraction of sp³-hybridized carbons (Fsp3) is 0.333. The number of carbonyl (C=O) groups is 2. The molecule has 4 heterocycles. The molecule has 3 aromatic carbocycles. The van der Waals surface area contributed by atoms with Gasteiger partial charge in [-0.15, -0.1) is 11.7 Å². The Bertz CT molecular complexity index is 2070. The van der Waals surface area contributed by atoms with Crippen molar-refractivity contribution in [1.29, 1.82) is 0 Å². The van der Waals surface area contributed by atoms with Gasteiger partial charge >= 0.3 is 0 Å². The number of amides is 2. The van der Waals surface area contributed by atoms with Crippen molar-refractivity contribution in [2.24, 2.45) is 5.92 Å². The number of aromatic nitrogens is 4. The van der Waals surface area contributed by atoms with Crippen LogP contribution in [-0.4, -0.2) is 69.3 Å². The highest BCUT2D eigenvalue weighted by molar-refractivity contribution is 6.71. The number of nitrogens with zero attached hydrogens (tertiary/aromatic N) is 4. The third kappa shape index (κ3) is 6.22. The number of anilines is 2. The number of hydrogen-bond acceptors (Lipinski definition) is 7. The second-order valence-electron chi connectivity index (χ2n) is 14.2. The average Bonchev–Trinajstić information content (AvgIpc) is 3.87.